The number of nitrogens with zero attached hydrogens (tertiary/aromatic N) is 5. The summed E-state index contributed by atoms with van der Waals surface area (Å²) in [5.41, 5.74) is -0.286. The Hall–Kier alpha value is -4.15. The lowest BCUT2D eigenvalue weighted by atomic mass is 10.2. The molecule has 0 unspecified atom stereocenters. The summed E-state index contributed by atoms with van der Waals surface area (Å²) < 4.78 is 9.63. The molecule has 1 aromatic carbocycles. The molecule has 11 heteroatoms. The van der Waals surface area contributed by atoms with E-state index in [9.17, 15) is 24.3 Å². The van der Waals surface area contributed by atoms with Crippen molar-refractivity contribution < 1.29 is 19.4 Å². The first-order valence-corrected chi connectivity index (χ1v) is 9.88. The van der Waals surface area contributed by atoms with Crippen LogP contribution in [0.4, 0.5) is 4.79 Å². The molecule has 0 fully saturated rings. The maximum Gasteiger partial charge on any atom is 0.416 e. The second kappa shape index (κ2) is 7.84. The van der Waals surface area contributed by atoms with E-state index in [1.54, 1.807) is 44.3 Å². The van der Waals surface area contributed by atoms with Gasteiger partial charge in [-0.3, -0.25) is 18.7 Å². The molecule has 32 heavy (non-hydrogen) atoms. The lowest BCUT2D eigenvalue weighted by Gasteiger charge is -2.10. The van der Waals surface area contributed by atoms with Gasteiger partial charge in [-0.2, -0.15) is 0 Å². The predicted octanol–water partition coefficient (Wildman–Crippen LogP) is 1.07. The van der Waals surface area contributed by atoms with Gasteiger partial charge in [-0.25, -0.2) is 19.1 Å². The Kier molecular flexibility index (Phi) is 5.17. The van der Waals surface area contributed by atoms with Crippen molar-refractivity contribution in [2.45, 2.75) is 19.9 Å². The first kappa shape index (κ1) is 21.1. The Morgan fingerprint density at radius 3 is 2.53 bits per heavy atom. The van der Waals surface area contributed by atoms with Crippen LogP contribution in [0.5, 0.6) is 0 Å². The molecule has 0 atom stereocenters. The number of carbonyl (C=O) groups is 2. The van der Waals surface area contributed by atoms with Crippen LogP contribution in [0.1, 0.15) is 18.4 Å². The van der Waals surface area contributed by atoms with Gasteiger partial charge in [-0.15, -0.1) is 0 Å². The summed E-state index contributed by atoms with van der Waals surface area (Å²) in [6, 6.07) is 8.53. The van der Waals surface area contributed by atoms with Gasteiger partial charge >= 0.3 is 17.8 Å². The van der Waals surface area contributed by atoms with Gasteiger partial charge in [0.25, 0.3) is 5.56 Å². The van der Waals surface area contributed by atoms with Gasteiger partial charge < -0.3 is 14.4 Å². The Bertz CT molecular complexity index is 1500. The Morgan fingerprint density at radius 1 is 1.12 bits per heavy atom. The lowest BCUT2D eigenvalue weighted by Crippen LogP contribution is -2.40. The van der Waals surface area contributed by atoms with E-state index in [2.05, 4.69) is 4.98 Å². The molecule has 166 valence electrons. The van der Waals surface area contributed by atoms with E-state index in [-0.39, 0.29) is 42.3 Å². The minimum Gasteiger partial charge on any atom is -0.466 e. The summed E-state index contributed by atoms with van der Waals surface area (Å²) in [6.07, 6.45) is -1.37. The molecule has 0 aliphatic carbocycles. The Morgan fingerprint density at radius 2 is 1.84 bits per heavy atom. The summed E-state index contributed by atoms with van der Waals surface area (Å²) >= 11 is 0. The number of imidazole rings is 1. The molecular weight excluding hydrogens is 418 g/mol. The number of aromatic nitrogens is 5. The Balaban J connectivity index is 1.89. The van der Waals surface area contributed by atoms with Crippen molar-refractivity contribution in [1.29, 1.82) is 0 Å². The van der Waals surface area contributed by atoms with Crippen LogP contribution in [-0.2, 0) is 36.6 Å². The van der Waals surface area contributed by atoms with Crippen LogP contribution >= 0.6 is 0 Å². The number of fused-ring (bicyclic) bond motifs is 2. The van der Waals surface area contributed by atoms with Crippen LogP contribution in [0.3, 0.4) is 0 Å². The van der Waals surface area contributed by atoms with Gasteiger partial charge in [-0.05, 0) is 19.1 Å². The van der Waals surface area contributed by atoms with Crippen molar-refractivity contribution >= 4 is 34.1 Å². The maximum atomic E-state index is 13.3. The molecule has 0 amide bonds. The van der Waals surface area contributed by atoms with Crippen molar-refractivity contribution in [2.24, 2.45) is 14.1 Å². The number of hydrogen-bond donors (Lipinski definition) is 1. The highest BCUT2D eigenvalue weighted by atomic mass is 16.5. The third-order valence-corrected chi connectivity index (χ3v) is 5.36. The number of carboxylic acid groups (broad SMARTS) is 1. The topological polar surface area (TPSA) is 130 Å². The van der Waals surface area contributed by atoms with Gasteiger partial charge in [0.2, 0.25) is 0 Å². The van der Waals surface area contributed by atoms with Crippen molar-refractivity contribution in [2.75, 3.05) is 6.61 Å². The number of rotatable bonds is 5. The van der Waals surface area contributed by atoms with Crippen LogP contribution < -0.4 is 11.2 Å². The molecule has 0 saturated carbocycles. The first-order chi connectivity index (χ1) is 15.2. The monoisotopic (exact) mass is 439 g/mol. The van der Waals surface area contributed by atoms with E-state index in [0.29, 0.717) is 10.9 Å². The number of esters is 1. The van der Waals surface area contributed by atoms with Gasteiger partial charge in [-0.1, -0.05) is 18.2 Å². The molecule has 0 bridgehead atoms. The van der Waals surface area contributed by atoms with E-state index in [1.165, 1.54) is 16.2 Å². The quantitative estimate of drug-likeness (QED) is 0.460. The van der Waals surface area contributed by atoms with Gasteiger partial charge in [0.15, 0.2) is 11.2 Å². The molecular formula is C21H21N5O6. The summed E-state index contributed by atoms with van der Waals surface area (Å²) in [4.78, 5) is 54.3. The summed E-state index contributed by atoms with van der Waals surface area (Å²) in [5.74, 6) is -0.217. The average molecular weight is 439 g/mol. The minimum absolute atomic E-state index is 0.129. The standard InChI is InChI=1S/C21H21N5O6/c1-4-32-16(27)10-15-22-18-17(23(15)2)19(28)25(20(29)24(18)3)11-13-9-12-7-5-6-8-14(12)26(13)21(30)31/h5-9H,4,10-11H2,1-3H3,(H,30,31). The zero-order chi connectivity index (χ0) is 23.2. The van der Waals surface area contributed by atoms with Crippen LogP contribution in [0.15, 0.2) is 39.9 Å². The van der Waals surface area contributed by atoms with Crippen LogP contribution in [-0.4, -0.2) is 47.0 Å². The first-order valence-electron chi connectivity index (χ1n) is 9.88. The second-order valence-corrected chi connectivity index (χ2v) is 7.29. The molecule has 11 nitrogen and oxygen atoms in total. The van der Waals surface area contributed by atoms with E-state index < -0.39 is 23.3 Å². The number of hydrogen-bond acceptors (Lipinski definition) is 6. The summed E-state index contributed by atoms with van der Waals surface area (Å²) in [6.45, 7) is 1.65. The van der Waals surface area contributed by atoms with Crippen molar-refractivity contribution in [3.05, 3.63) is 62.7 Å². The molecule has 0 saturated heterocycles. The van der Waals surface area contributed by atoms with E-state index >= 15 is 0 Å². The van der Waals surface area contributed by atoms with Crippen LogP contribution in [0.2, 0.25) is 0 Å². The minimum atomic E-state index is -1.22. The highest BCUT2D eigenvalue weighted by molar-refractivity contribution is 5.90. The Labute approximate surface area is 180 Å². The van der Waals surface area contributed by atoms with Crippen LogP contribution in [0, 0.1) is 0 Å². The molecule has 0 radical (unpaired) electrons. The third kappa shape index (κ3) is 3.27. The molecule has 3 aromatic heterocycles. The predicted molar refractivity (Wildman–Crippen MR) is 115 cm³/mol. The average Bonchev–Trinajstić information content (AvgIpc) is 3.27. The number of carbonyl (C=O) groups excluding carboxylic acids is 1. The van der Waals surface area contributed by atoms with Crippen molar-refractivity contribution in [3.63, 3.8) is 0 Å². The fraction of sp³-hybridized carbons (Fsp3) is 0.286. The van der Waals surface area contributed by atoms with Crippen LogP contribution in [0.25, 0.3) is 22.1 Å². The van der Waals surface area contributed by atoms with Gasteiger partial charge in [0.1, 0.15) is 12.2 Å². The fourth-order valence-electron chi connectivity index (χ4n) is 3.84. The van der Waals surface area contributed by atoms with Gasteiger partial charge in [0, 0.05) is 19.5 Å². The molecule has 4 aromatic rings. The molecule has 0 aliphatic rings. The lowest BCUT2D eigenvalue weighted by molar-refractivity contribution is -0.142. The highest BCUT2D eigenvalue weighted by Gasteiger charge is 2.22. The van der Waals surface area contributed by atoms with E-state index in [4.69, 9.17) is 4.74 Å². The molecule has 4 rings (SSSR count). The largest absolute Gasteiger partial charge is 0.466 e. The van der Waals surface area contributed by atoms with E-state index in [1.807, 2.05) is 0 Å². The second-order valence-electron chi connectivity index (χ2n) is 7.29. The zero-order valence-corrected chi connectivity index (χ0v) is 17.7. The number of benzene rings is 1. The van der Waals surface area contributed by atoms with Crippen molar-refractivity contribution in [1.82, 2.24) is 23.3 Å². The zero-order valence-electron chi connectivity index (χ0n) is 17.7. The molecule has 3 heterocycles. The highest BCUT2D eigenvalue weighted by Crippen LogP contribution is 2.20. The maximum absolute atomic E-state index is 13.3. The summed E-state index contributed by atoms with van der Waals surface area (Å²) in [5, 5.41) is 10.4. The normalized spacial score (nSPS) is 11.3. The molecule has 0 spiro atoms. The van der Waals surface area contributed by atoms with Crippen molar-refractivity contribution in [3.8, 4) is 0 Å². The van der Waals surface area contributed by atoms with Gasteiger partial charge in [0.05, 0.1) is 24.4 Å². The summed E-state index contributed by atoms with van der Waals surface area (Å²) in [7, 11) is 3.04. The SMILES string of the molecule is CCOC(=O)Cc1nc2c(c(=O)n(Cc3cc4ccccc4n3C(=O)O)c(=O)n2C)n1C. The fourth-order valence-corrected chi connectivity index (χ4v) is 3.84. The number of ether oxygens (including phenoxy) is 1. The third-order valence-electron chi connectivity index (χ3n) is 5.36. The van der Waals surface area contributed by atoms with E-state index in [0.717, 1.165) is 9.13 Å². The number of para-hydroxylation sites is 1. The molecule has 0 aliphatic heterocycles. The molecule has 1 N–H and O–H groups in total. The number of aryl methyl sites for hydroxylation is 2. The smallest absolute Gasteiger partial charge is 0.416 e.